The molecule has 1 heterocycles. The number of aromatic nitrogens is 2. The summed E-state index contributed by atoms with van der Waals surface area (Å²) in [5, 5.41) is 11.9. The van der Waals surface area contributed by atoms with E-state index in [1.807, 2.05) is 13.8 Å². The molecule has 2 aromatic rings. The third-order valence-electron chi connectivity index (χ3n) is 3.69. The van der Waals surface area contributed by atoms with Gasteiger partial charge in [0.1, 0.15) is 0 Å². The first-order chi connectivity index (χ1) is 12.8. The van der Waals surface area contributed by atoms with Crippen LogP contribution in [-0.4, -0.2) is 29.8 Å². The number of methoxy groups -OCH3 is 1. The number of esters is 1. The molecule has 0 bridgehead atoms. The number of halogens is 3. The fourth-order valence-electron chi connectivity index (χ4n) is 2.26. The van der Waals surface area contributed by atoms with Gasteiger partial charge in [0.25, 0.3) is 0 Å². The molecular weight excluding hydrogens is 413 g/mol. The molecule has 0 saturated carbocycles. The molecule has 2 rings (SSSR count). The van der Waals surface area contributed by atoms with Crippen molar-refractivity contribution in [2.24, 2.45) is 0 Å². The third kappa shape index (κ3) is 6.13. The standard InChI is InChI=1S/C18H20Cl3N3O3/c1-10(2)12-9-15(23-24-18(12)21)27-17-13(19)7-11(8-14(17)20)22-6-4-5-16(25)26-3/h7-10,22H,4-6H2,1-3H3. The number of anilines is 1. The first kappa shape index (κ1) is 21.5. The molecule has 27 heavy (non-hydrogen) atoms. The van der Waals surface area contributed by atoms with Gasteiger partial charge in [0.05, 0.1) is 17.2 Å². The predicted molar refractivity (Wildman–Crippen MR) is 107 cm³/mol. The van der Waals surface area contributed by atoms with Gasteiger partial charge in [-0.2, -0.15) is 0 Å². The van der Waals surface area contributed by atoms with Crippen LogP contribution in [0.4, 0.5) is 5.69 Å². The third-order valence-corrected chi connectivity index (χ3v) is 4.55. The highest BCUT2D eigenvalue weighted by atomic mass is 35.5. The lowest BCUT2D eigenvalue weighted by molar-refractivity contribution is -0.140. The van der Waals surface area contributed by atoms with Crippen LogP contribution in [0.25, 0.3) is 0 Å². The lowest BCUT2D eigenvalue weighted by atomic mass is 10.1. The number of nitrogens with one attached hydrogen (secondary N) is 1. The van der Waals surface area contributed by atoms with Crippen molar-refractivity contribution >= 4 is 46.5 Å². The number of hydrogen-bond acceptors (Lipinski definition) is 6. The normalized spacial score (nSPS) is 10.8. The fourth-order valence-corrected chi connectivity index (χ4v) is 3.13. The minimum absolute atomic E-state index is 0.165. The molecule has 1 N–H and O–H groups in total. The molecule has 6 nitrogen and oxygen atoms in total. The minimum atomic E-state index is -0.249. The smallest absolute Gasteiger partial charge is 0.305 e. The number of ether oxygens (including phenoxy) is 2. The van der Waals surface area contributed by atoms with Crippen molar-refractivity contribution in [3.8, 4) is 11.6 Å². The Morgan fingerprint density at radius 2 is 1.81 bits per heavy atom. The number of carbonyl (C=O) groups is 1. The summed E-state index contributed by atoms with van der Waals surface area (Å²) >= 11 is 18.7. The predicted octanol–water partition coefficient (Wildman–Crippen LogP) is 5.72. The second-order valence-corrected chi connectivity index (χ2v) is 7.23. The van der Waals surface area contributed by atoms with Gasteiger partial charge in [0, 0.05) is 24.7 Å². The topological polar surface area (TPSA) is 73.3 Å². The molecule has 1 aromatic carbocycles. The van der Waals surface area contributed by atoms with E-state index in [2.05, 4.69) is 20.3 Å². The Bertz CT molecular complexity index is 793. The second-order valence-electron chi connectivity index (χ2n) is 6.06. The average Bonchev–Trinajstić information content (AvgIpc) is 2.62. The van der Waals surface area contributed by atoms with Gasteiger partial charge in [0.2, 0.25) is 5.88 Å². The van der Waals surface area contributed by atoms with E-state index in [0.29, 0.717) is 40.3 Å². The minimum Gasteiger partial charge on any atom is -0.469 e. The maximum atomic E-state index is 11.1. The van der Waals surface area contributed by atoms with Crippen LogP contribution in [0.5, 0.6) is 11.6 Å². The highest BCUT2D eigenvalue weighted by Gasteiger charge is 2.15. The highest BCUT2D eigenvalue weighted by molar-refractivity contribution is 6.37. The van der Waals surface area contributed by atoms with Crippen molar-refractivity contribution in [1.29, 1.82) is 0 Å². The average molecular weight is 433 g/mol. The molecule has 0 atom stereocenters. The van der Waals surface area contributed by atoms with Gasteiger partial charge < -0.3 is 14.8 Å². The first-order valence-electron chi connectivity index (χ1n) is 8.32. The molecule has 9 heteroatoms. The molecule has 0 aliphatic heterocycles. The molecule has 0 unspecified atom stereocenters. The van der Waals surface area contributed by atoms with Crippen molar-refractivity contribution in [3.05, 3.63) is 39.0 Å². The molecule has 0 fully saturated rings. The molecule has 146 valence electrons. The Morgan fingerprint density at radius 3 is 2.41 bits per heavy atom. The monoisotopic (exact) mass is 431 g/mol. The Balaban J connectivity index is 2.08. The summed E-state index contributed by atoms with van der Waals surface area (Å²) in [4.78, 5) is 11.1. The van der Waals surface area contributed by atoms with Crippen molar-refractivity contribution in [3.63, 3.8) is 0 Å². The summed E-state index contributed by atoms with van der Waals surface area (Å²) in [6.45, 7) is 4.56. The summed E-state index contributed by atoms with van der Waals surface area (Å²) < 4.78 is 10.3. The summed E-state index contributed by atoms with van der Waals surface area (Å²) in [5.41, 5.74) is 1.53. The Kier molecular flexibility index (Phi) is 7.95. The van der Waals surface area contributed by atoms with Crippen LogP contribution in [0.3, 0.4) is 0 Å². The fraction of sp³-hybridized carbons (Fsp3) is 0.389. The van der Waals surface area contributed by atoms with Crippen molar-refractivity contribution in [2.45, 2.75) is 32.6 Å². The summed E-state index contributed by atoms with van der Waals surface area (Å²) in [6.07, 6.45) is 0.956. The molecular formula is C18H20Cl3N3O3. The van der Waals surface area contributed by atoms with Crippen molar-refractivity contribution in [1.82, 2.24) is 10.2 Å². The molecule has 0 aliphatic rings. The van der Waals surface area contributed by atoms with Gasteiger partial charge in [-0.05, 0) is 30.0 Å². The van der Waals surface area contributed by atoms with E-state index < -0.39 is 0 Å². The van der Waals surface area contributed by atoms with Gasteiger partial charge in [0.15, 0.2) is 10.9 Å². The molecule has 0 spiro atoms. The van der Waals surface area contributed by atoms with Gasteiger partial charge in [-0.25, -0.2) is 0 Å². The highest BCUT2D eigenvalue weighted by Crippen LogP contribution is 2.39. The van der Waals surface area contributed by atoms with E-state index in [-0.39, 0.29) is 23.5 Å². The maximum Gasteiger partial charge on any atom is 0.305 e. The van der Waals surface area contributed by atoms with E-state index in [1.165, 1.54) is 7.11 Å². The number of benzene rings is 1. The molecule has 0 radical (unpaired) electrons. The van der Waals surface area contributed by atoms with Gasteiger partial charge in [-0.1, -0.05) is 48.7 Å². The SMILES string of the molecule is COC(=O)CCCNc1cc(Cl)c(Oc2cc(C(C)C)c(Cl)nn2)c(Cl)c1. The maximum absolute atomic E-state index is 11.1. The van der Waals surface area contributed by atoms with Crippen LogP contribution in [-0.2, 0) is 9.53 Å². The zero-order valence-electron chi connectivity index (χ0n) is 15.2. The molecule has 1 aromatic heterocycles. The summed E-state index contributed by atoms with van der Waals surface area (Å²) in [7, 11) is 1.36. The van der Waals surface area contributed by atoms with Crippen LogP contribution in [0.1, 0.15) is 38.2 Å². The molecule has 0 saturated heterocycles. The number of nitrogens with zero attached hydrogens (tertiary/aromatic N) is 2. The number of carbonyl (C=O) groups excluding carboxylic acids is 1. The van der Waals surface area contributed by atoms with E-state index in [1.54, 1.807) is 18.2 Å². The van der Waals surface area contributed by atoms with Crippen LogP contribution >= 0.6 is 34.8 Å². The van der Waals surface area contributed by atoms with Crippen LogP contribution in [0.2, 0.25) is 15.2 Å². The zero-order valence-corrected chi connectivity index (χ0v) is 17.5. The van der Waals surface area contributed by atoms with E-state index in [0.717, 1.165) is 5.56 Å². The molecule has 0 aliphatic carbocycles. The lowest BCUT2D eigenvalue weighted by Crippen LogP contribution is -2.06. The van der Waals surface area contributed by atoms with Gasteiger partial charge >= 0.3 is 5.97 Å². The lowest BCUT2D eigenvalue weighted by Gasteiger charge is -2.13. The zero-order chi connectivity index (χ0) is 20.0. The van der Waals surface area contributed by atoms with Gasteiger partial charge in [-0.3, -0.25) is 4.79 Å². The largest absolute Gasteiger partial charge is 0.469 e. The van der Waals surface area contributed by atoms with Crippen LogP contribution < -0.4 is 10.1 Å². The van der Waals surface area contributed by atoms with E-state index >= 15 is 0 Å². The first-order valence-corrected chi connectivity index (χ1v) is 9.46. The Morgan fingerprint density at radius 1 is 1.15 bits per heavy atom. The van der Waals surface area contributed by atoms with Crippen molar-refractivity contribution in [2.75, 3.05) is 19.0 Å². The number of rotatable bonds is 8. The van der Waals surface area contributed by atoms with E-state index in [4.69, 9.17) is 39.5 Å². The second kappa shape index (κ2) is 9.97. The van der Waals surface area contributed by atoms with Crippen LogP contribution in [0, 0.1) is 0 Å². The Labute approximate surface area is 173 Å². The summed E-state index contributed by atoms with van der Waals surface area (Å²) in [5.74, 6) is 0.453. The van der Waals surface area contributed by atoms with Gasteiger partial charge in [-0.15, -0.1) is 10.2 Å². The van der Waals surface area contributed by atoms with Crippen molar-refractivity contribution < 1.29 is 14.3 Å². The van der Waals surface area contributed by atoms with Crippen LogP contribution in [0.15, 0.2) is 18.2 Å². The summed E-state index contributed by atoms with van der Waals surface area (Å²) in [6, 6.07) is 5.09. The van der Waals surface area contributed by atoms with E-state index in [9.17, 15) is 4.79 Å². The number of hydrogen-bond donors (Lipinski definition) is 1. The Hall–Kier alpha value is -1.76. The molecule has 0 amide bonds. The quantitative estimate of drug-likeness (QED) is 0.425.